The number of fused-ring (bicyclic) bond motifs is 2. The number of aryl methyl sites for hydroxylation is 1. The summed E-state index contributed by atoms with van der Waals surface area (Å²) in [5.74, 6) is -1.82. The minimum Gasteiger partial charge on any atom is -0.490 e. The number of rotatable bonds is 6. The molecule has 0 saturated carbocycles. The lowest BCUT2D eigenvalue weighted by molar-refractivity contribution is -0.160. The number of aromatic nitrogens is 4. The van der Waals surface area contributed by atoms with E-state index in [-0.39, 0.29) is 17.1 Å². The van der Waals surface area contributed by atoms with Gasteiger partial charge >= 0.3 is 5.97 Å². The van der Waals surface area contributed by atoms with Gasteiger partial charge < -0.3 is 14.6 Å². The first kappa shape index (κ1) is 28.9. The summed E-state index contributed by atoms with van der Waals surface area (Å²) in [5, 5.41) is 15.8. The van der Waals surface area contributed by atoms with Crippen molar-refractivity contribution in [2.45, 2.75) is 59.2 Å². The number of nitrogens with zero attached hydrogens (tertiary/aromatic N) is 4. The van der Waals surface area contributed by atoms with Crippen LogP contribution in [0.3, 0.4) is 0 Å². The molecule has 1 aliphatic rings. The van der Waals surface area contributed by atoms with E-state index < -0.39 is 23.5 Å². The van der Waals surface area contributed by atoms with Crippen molar-refractivity contribution in [2.75, 3.05) is 6.61 Å². The lowest BCUT2D eigenvalue weighted by Gasteiger charge is -2.28. The van der Waals surface area contributed by atoms with E-state index in [1.807, 2.05) is 6.92 Å². The van der Waals surface area contributed by atoms with E-state index in [9.17, 15) is 14.3 Å². The van der Waals surface area contributed by atoms with Gasteiger partial charge in [-0.05, 0) is 76.8 Å². The number of carbonyl (C=O) groups is 1. The second-order valence-corrected chi connectivity index (χ2v) is 12.6. The van der Waals surface area contributed by atoms with Crippen LogP contribution in [0.4, 0.5) is 8.78 Å². The molecule has 8 nitrogen and oxygen atoms in total. The summed E-state index contributed by atoms with van der Waals surface area (Å²) in [6.45, 7) is 9.36. The van der Waals surface area contributed by atoms with E-state index in [1.165, 1.54) is 29.5 Å². The number of aliphatic carboxylic acids is 1. The molecule has 1 N–H and O–H groups in total. The minimum absolute atomic E-state index is 0.231. The second kappa shape index (κ2) is 10.8. The van der Waals surface area contributed by atoms with Crippen molar-refractivity contribution in [3.8, 4) is 38.1 Å². The summed E-state index contributed by atoms with van der Waals surface area (Å²) < 4.78 is 42.3. The highest BCUT2D eigenvalue weighted by atomic mass is 32.1. The van der Waals surface area contributed by atoms with Crippen LogP contribution in [0.5, 0.6) is 5.75 Å². The fourth-order valence-electron chi connectivity index (χ4n) is 5.44. The lowest BCUT2D eigenvalue weighted by Crippen LogP contribution is -2.29. The molecule has 0 amide bonds. The highest BCUT2D eigenvalue weighted by molar-refractivity contribution is 7.18. The molecule has 43 heavy (non-hydrogen) atoms. The van der Waals surface area contributed by atoms with Crippen molar-refractivity contribution in [2.24, 2.45) is 0 Å². The second-order valence-electron chi connectivity index (χ2n) is 11.5. The van der Waals surface area contributed by atoms with Crippen LogP contribution in [0.15, 0.2) is 42.6 Å². The van der Waals surface area contributed by atoms with Crippen LogP contribution in [0.1, 0.15) is 55.7 Å². The van der Waals surface area contributed by atoms with Crippen molar-refractivity contribution >= 4 is 23.0 Å². The highest BCUT2D eigenvalue weighted by Gasteiger charge is 2.34. The quantitative estimate of drug-likeness (QED) is 0.216. The fourth-order valence-corrected chi connectivity index (χ4v) is 6.32. The number of carboxylic acids is 1. The Bertz CT molecular complexity index is 1880. The Kier molecular flexibility index (Phi) is 7.26. The van der Waals surface area contributed by atoms with Crippen LogP contribution in [0.25, 0.3) is 38.0 Å². The van der Waals surface area contributed by atoms with Crippen LogP contribution in [-0.4, -0.2) is 42.9 Å². The Morgan fingerprint density at radius 1 is 1.16 bits per heavy atom. The molecule has 0 fully saturated rings. The third kappa shape index (κ3) is 5.38. The number of ether oxygens (including phenoxy) is 2. The third-order valence-electron chi connectivity index (χ3n) is 7.33. The van der Waals surface area contributed by atoms with Gasteiger partial charge in [-0.1, -0.05) is 12.1 Å². The third-order valence-corrected chi connectivity index (χ3v) is 8.40. The smallest absolute Gasteiger partial charge is 0.337 e. The number of hydrogen-bond donors (Lipinski definition) is 1. The summed E-state index contributed by atoms with van der Waals surface area (Å²) in [4.78, 5) is 22.8. The van der Waals surface area contributed by atoms with E-state index in [0.29, 0.717) is 46.3 Å². The van der Waals surface area contributed by atoms with Gasteiger partial charge in [-0.15, -0.1) is 11.3 Å². The zero-order valence-corrected chi connectivity index (χ0v) is 25.2. The van der Waals surface area contributed by atoms with Crippen LogP contribution >= 0.6 is 11.3 Å². The largest absolute Gasteiger partial charge is 0.490 e. The molecular formula is C32H30F2N4O4S. The summed E-state index contributed by atoms with van der Waals surface area (Å²) in [6.07, 6.45) is 1.67. The summed E-state index contributed by atoms with van der Waals surface area (Å²) >= 11 is 1.38. The van der Waals surface area contributed by atoms with Gasteiger partial charge in [0.15, 0.2) is 23.3 Å². The maximum Gasteiger partial charge on any atom is 0.337 e. The van der Waals surface area contributed by atoms with Gasteiger partial charge in [0.1, 0.15) is 16.5 Å². The first-order valence-corrected chi connectivity index (χ1v) is 14.7. The van der Waals surface area contributed by atoms with Crippen molar-refractivity contribution < 1.29 is 28.2 Å². The SMILES string of the molecule is Cc1nc2cc(-c3ncc(-c4ccc(F)cc4)s3)nn2c(-c2cc(F)c3c(c2C)CCCO3)c1C(OC(C)(C)C)C(=O)O. The van der Waals surface area contributed by atoms with Crippen LogP contribution in [0, 0.1) is 25.5 Å². The van der Waals surface area contributed by atoms with Crippen LogP contribution in [-0.2, 0) is 16.0 Å². The topological polar surface area (TPSA) is 98.8 Å². The van der Waals surface area contributed by atoms with E-state index in [2.05, 4.69) is 4.98 Å². The molecule has 3 aromatic heterocycles. The van der Waals surface area contributed by atoms with Crippen molar-refractivity contribution in [3.63, 3.8) is 0 Å². The molecule has 1 atom stereocenters. The standard InChI is InChI=1S/C32H30F2N4O4S/c1-16-20-7-6-12-41-28(20)22(34)13-21(16)27-26(29(31(39)40)42-32(3,4)5)17(2)36-25-14-23(37-38(25)27)30-35-15-24(43-30)18-8-10-19(33)11-9-18/h8-11,13-15,29H,6-7,12H2,1-5H3,(H,39,40). The Hall–Kier alpha value is -4.22. The predicted molar refractivity (Wildman–Crippen MR) is 159 cm³/mol. The Balaban J connectivity index is 1.60. The molecule has 0 aliphatic carbocycles. The van der Waals surface area contributed by atoms with E-state index >= 15 is 4.39 Å². The number of halogens is 2. The normalized spacial score (nSPS) is 14.0. The Morgan fingerprint density at radius 2 is 1.91 bits per heavy atom. The lowest BCUT2D eigenvalue weighted by atomic mass is 9.91. The van der Waals surface area contributed by atoms with Gasteiger partial charge in [-0.3, -0.25) is 0 Å². The summed E-state index contributed by atoms with van der Waals surface area (Å²) in [7, 11) is 0. The molecule has 2 aromatic carbocycles. The van der Waals surface area contributed by atoms with Crippen molar-refractivity contribution in [3.05, 3.63) is 76.6 Å². The number of hydrogen-bond acceptors (Lipinski definition) is 7. The van der Waals surface area contributed by atoms with Gasteiger partial charge in [-0.25, -0.2) is 28.1 Å². The summed E-state index contributed by atoms with van der Waals surface area (Å²) in [5.41, 5.74) is 4.05. The average molecular weight is 605 g/mol. The fraction of sp³-hybridized carbons (Fsp3) is 0.312. The first-order chi connectivity index (χ1) is 20.4. The summed E-state index contributed by atoms with van der Waals surface area (Å²) in [6, 6.07) is 9.30. The van der Waals surface area contributed by atoms with E-state index in [0.717, 1.165) is 28.0 Å². The highest BCUT2D eigenvalue weighted by Crippen LogP contribution is 2.42. The molecule has 0 radical (unpaired) electrons. The molecule has 1 unspecified atom stereocenters. The molecule has 0 spiro atoms. The number of carboxylic acid groups (broad SMARTS) is 1. The van der Waals surface area contributed by atoms with Crippen LogP contribution < -0.4 is 4.74 Å². The number of benzene rings is 2. The van der Waals surface area contributed by atoms with Crippen molar-refractivity contribution in [1.82, 2.24) is 19.6 Å². The monoisotopic (exact) mass is 604 g/mol. The Morgan fingerprint density at radius 3 is 2.60 bits per heavy atom. The van der Waals surface area contributed by atoms with Gasteiger partial charge in [0.25, 0.3) is 0 Å². The van der Waals surface area contributed by atoms with Crippen LogP contribution in [0.2, 0.25) is 0 Å². The van der Waals surface area contributed by atoms with Gasteiger partial charge in [-0.2, -0.15) is 5.10 Å². The molecule has 4 heterocycles. The molecule has 1 aliphatic heterocycles. The molecule has 0 saturated heterocycles. The first-order valence-electron chi connectivity index (χ1n) is 13.9. The maximum atomic E-state index is 15.6. The molecule has 6 rings (SSSR count). The van der Waals surface area contributed by atoms with Crippen molar-refractivity contribution in [1.29, 1.82) is 0 Å². The minimum atomic E-state index is -1.40. The van der Waals surface area contributed by atoms with E-state index in [4.69, 9.17) is 19.6 Å². The zero-order chi connectivity index (χ0) is 30.6. The average Bonchev–Trinajstić information content (AvgIpc) is 3.61. The van der Waals surface area contributed by atoms with Gasteiger partial charge in [0, 0.05) is 34.6 Å². The van der Waals surface area contributed by atoms with E-state index in [1.54, 1.807) is 56.6 Å². The maximum absolute atomic E-state index is 15.6. The van der Waals surface area contributed by atoms with Gasteiger partial charge in [0.05, 0.1) is 22.8 Å². The zero-order valence-electron chi connectivity index (χ0n) is 24.4. The number of thiazole rings is 1. The molecule has 5 aromatic rings. The Labute approximate surface area is 251 Å². The molecule has 0 bridgehead atoms. The van der Waals surface area contributed by atoms with Gasteiger partial charge in [0.2, 0.25) is 0 Å². The molecule has 11 heteroatoms. The molecule has 222 valence electrons. The predicted octanol–water partition coefficient (Wildman–Crippen LogP) is 7.35. The molecular weight excluding hydrogens is 574 g/mol.